The van der Waals surface area contributed by atoms with Crippen LogP contribution in [0.25, 0.3) is 0 Å². The van der Waals surface area contributed by atoms with Gasteiger partial charge < -0.3 is 0 Å². The Labute approximate surface area is 130 Å². The third-order valence-corrected chi connectivity index (χ3v) is 4.94. The van der Waals surface area contributed by atoms with Crippen LogP contribution >= 0.6 is 27.5 Å². The maximum absolute atomic E-state index is 12.8. The summed E-state index contributed by atoms with van der Waals surface area (Å²) in [6, 6.07) is 10.1. The molecule has 7 heteroatoms. The van der Waals surface area contributed by atoms with Crippen molar-refractivity contribution < 1.29 is 12.8 Å². The summed E-state index contributed by atoms with van der Waals surface area (Å²) < 4.78 is 40.1. The van der Waals surface area contributed by atoms with Crippen LogP contribution in [0.4, 0.5) is 4.39 Å². The molecule has 0 aliphatic heterocycles. The molecule has 0 spiro atoms. The molecular formula is C13H10BrClFNO2S. The Balaban J connectivity index is 2.17. The topological polar surface area (TPSA) is 46.2 Å². The second-order valence-corrected chi connectivity index (χ2v) is 7.08. The van der Waals surface area contributed by atoms with Crippen LogP contribution in [0.15, 0.2) is 51.8 Å². The fraction of sp³-hybridized carbons (Fsp3) is 0.0769. The number of nitrogens with one attached hydrogen (secondary N) is 1. The number of halogens is 3. The lowest BCUT2D eigenvalue weighted by molar-refractivity contribution is 0.581. The first kappa shape index (κ1) is 15.4. The third kappa shape index (κ3) is 3.79. The van der Waals surface area contributed by atoms with Crippen LogP contribution in [-0.2, 0) is 16.6 Å². The van der Waals surface area contributed by atoms with Gasteiger partial charge in [-0.2, -0.15) is 0 Å². The first-order valence-corrected chi connectivity index (χ1v) is 8.23. The van der Waals surface area contributed by atoms with Gasteiger partial charge in [0, 0.05) is 11.0 Å². The van der Waals surface area contributed by atoms with Crippen molar-refractivity contribution in [1.82, 2.24) is 4.72 Å². The van der Waals surface area contributed by atoms with E-state index in [4.69, 9.17) is 11.6 Å². The van der Waals surface area contributed by atoms with Crippen molar-refractivity contribution in [2.45, 2.75) is 11.4 Å². The molecule has 0 aliphatic carbocycles. The van der Waals surface area contributed by atoms with Crippen LogP contribution in [0.5, 0.6) is 0 Å². The summed E-state index contributed by atoms with van der Waals surface area (Å²) in [5, 5.41) is 0.131. The van der Waals surface area contributed by atoms with Gasteiger partial charge in [0.2, 0.25) is 10.0 Å². The van der Waals surface area contributed by atoms with E-state index in [2.05, 4.69) is 20.7 Å². The summed E-state index contributed by atoms with van der Waals surface area (Å²) in [5.74, 6) is -0.368. The summed E-state index contributed by atoms with van der Waals surface area (Å²) in [4.78, 5) is 0.00415. The highest BCUT2D eigenvalue weighted by molar-refractivity contribution is 9.10. The van der Waals surface area contributed by atoms with Crippen molar-refractivity contribution in [3.63, 3.8) is 0 Å². The molecule has 0 bridgehead atoms. The minimum atomic E-state index is -3.71. The van der Waals surface area contributed by atoms with E-state index < -0.39 is 10.0 Å². The maximum atomic E-state index is 12.8. The van der Waals surface area contributed by atoms with Crippen LogP contribution in [0.3, 0.4) is 0 Å². The zero-order valence-electron chi connectivity index (χ0n) is 10.1. The van der Waals surface area contributed by atoms with E-state index in [1.54, 1.807) is 6.07 Å². The Bertz CT molecular complexity index is 720. The van der Waals surface area contributed by atoms with Crippen LogP contribution in [0.1, 0.15) is 5.56 Å². The zero-order valence-corrected chi connectivity index (χ0v) is 13.3. The van der Waals surface area contributed by atoms with Gasteiger partial charge in [0.25, 0.3) is 0 Å². The molecule has 0 radical (unpaired) electrons. The number of sulfonamides is 1. The number of hydrogen-bond acceptors (Lipinski definition) is 2. The van der Waals surface area contributed by atoms with Crippen molar-refractivity contribution >= 4 is 37.6 Å². The molecule has 2 rings (SSSR count). The molecule has 0 aliphatic rings. The first-order valence-electron chi connectivity index (χ1n) is 5.58. The fourth-order valence-electron chi connectivity index (χ4n) is 1.55. The largest absolute Gasteiger partial charge is 0.242 e. The molecule has 0 unspecified atom stereocenters. The Morgan fingerprint density at radius 3 is 2.40 bits per heavy atom. The average molecular weight is 379 g/mol. The van der Waals surface area contributed by atoms with Crippen LogP contribution in [0.2, 0.25) is 5.02 Å². The van der Waals surface area contributed by atoms with Gasteiger partial charge in [0.1, 0.15) is 10.7 Å². The highest BCUT2D eigenvalue weighted by atomic mass is 79.9. The third-order valence-electron chi connectivity index (χ3n) is 2.56. The molecule has 1 N–H and O–H groups in total. The van der Waals surface area contributed by atoms with E-state index in [1.807, 2.05) is 0 Å². The van der Waals surface area contributed by atoms with Crippen LogP contribution in [-0.4, -0.2) is 8.42 Å². The Kier molecular flexibility index (Phi) is 4.80. The van der Waals surface area contributed by atoms with Crippen molar-refractivity contribution in [3.05, 3.63) is 63.3 Å². The quantitative estimate of drug-likeness (QED) is 0.881. The molecule has 0 fully saturated rings. The Hall–Kier alpha value is -0.950. The molecule has 0 aromatic heterocycles. The lowest BCUT2D eigenvalue weighted by Crippen LogP contribution is -2.23. The molecule has 3 nitrogen and oxygen atoms in total. The Morgan fingerprint density at radius 2 is 1.80 bits per heavy atom. The predicted molar refractivity (Wildman–Crippen MR) is 79.6 cm³/mol. The molecular weight excluding hydrogens is 369 g/mol. The average Bonchev–Trinajstić information content (AvgIpc) is 2.37. The summed E-state index contributed by atoms with van der Waals surface area (Å²) >= 11 is 9.13. The molecule has 0 amide bonds. The van der Waals surface area contributed by atoms with Gasteiger partial charge in [0.15, 0.2) is 0 Å². The van der Waals surface area contributed by atoms with E-state index in [-0.39, 0.29) is 22.3 Å². The molecule has 106 valence electrons. The summed E-state index contributed by atoms with van der Waals surface area (Å²) in [6.45, 7) is 0.0645. The SMILES string of the molecule is O=S(=O)(NCc1ccc(F)cc1)c1ccc(Br)cc1Cl. The van der Waals surface area contributed by atoms with Gasteiger partial charge in [0.05, 0.1) is 5.02 Å². The van der Waals surface area contributed by atoms with E-state index in [9.17, 15) is 12.8 Å². The smallest absolute Gasteiger partial charge is 0.207 e. The van der Waals surface area contributed by atoms with Gasteiger partial charge in [-0.1, -0.05) is 39.7 Å². The summed E-state index contributed by atoms with van der Waals surface area (Å²) in [6.07, 6.45) is 0. The molecule has 0 saturated carbocycles. The van der Waals surface area contributed by atoms with Gasteiger partial charge in [-0.15, -0.1) is 0 Å². The van der Waals surface area contributed by atoms with Crippen molar-refractivity contribution in [2.75, 3.05) is 0 Å². The second kappa shape index (κ2) is 6.22. The van der Waals surface area contributed by atoms with Crippen molar-refractivity contribution in [1.29, 1.82) is 0 Å². The van der Waals surface area contributed by atoms with Crippen molar-refractivity contribution in [3.8, 4) is 0 Å². The van der Waals surface area contributed by atoms with E-state index >= 15 is 0 Å². The van der Waals surface area contributed by atoms with E-state index in [0.29, 0.717) is 10.0 Å². The number of hydrogen-bond donors (Lipinski definition) is 1. The predicted octanol–water partition coefficient (Wildman–Crippen LogP) is 3.72. The lowest BCUT2D eigenvalue weighted by atomic mass is 10.2. The molecule has 0 atom stereocenters. The fourth-order valence-corrected chi connectivity index (χ4v) is 3.60. The maximum Gasteiger partial charge on any atom is 0.242 e. The molecule has 0 saturated heterocycles. The second-order valence-electron chi connectivity index (χ2n) is 4.03. The summed E-state index contributed by atoms with van der Waals surface area (Å²) in [7, 11) is -3.71. The number of benzene rings is 2. The molecule has 0 heterocycles. The normalized spacial score (nSPS) is 11.6. The van der Waals surface area contributed by atoms with Gasteiger partial charge in [-0.05, 0) is 35.9 Å². The Morgan fingerprint density at radius 1 is 1.15 bits per heavy atom. The highest BCUT2D eigenvalue weighted by Gasteiger charge is 2.17. The van der Waals surface area contributed by atoms with Gasteiger partial charge in [-0.3, -0.25) is 0 Å². The number of rotatable bonds is 4. The minimum Gasteiger partial charge on any atom is -0.207 e. The van der Waals surface area contributed by atoms with Crippen molar-refractivity contribution in [2.24, 2.45) is 0 Å². The highest BCUT2D eigenvalue weighted by Crippen LogP contribution is 2.25. The van der Waals surface area contributed by atoms with E-state index in [1.165, 1.54) is 36.4 Å². The lowest BCUT2D eigenvalue weighted by Gasteiger charge is -2.08. The van der Waals surface area contributed by atoms with Gasteiger partial charge in [-0.25, -0.2) is 17.5 Å². The first-order chi connectivity index (χ1) is 9.38. The molecule has 2 aromatic carbocycles. The zero-order chi connectivity index (χ0) is 14.8. The molecule has 20 heavy (non-hydrogen) atoms. The van der Waals surface area contributed by atoms with Crippen LogP contribution in [0, 0.1) is 5.82 Å². The van der Waals surface area contributed by atoms with Gasteiger partial charge >= 0.3 is 0 Å². The standard InChI is InChI=1S/C13H10BrClFNO2S/c14-10-3-6-13(12(15)7-10)20(18,19)17-8-9-1-4-11(16)5-2-9/h1-7,17H,8H2. The monoisotopic (exact) mass is 377 g/mol. The summed E-state index contributed by atoms with van der Waals surface area (Å²) in [5.41, 5.74) is 0.656. The molecule has 2 aromatic rings. The van der Waals surface area contributed by atoms with E-state index in [0.717, 1.165) is 0 Å². The van der Waals surface area contributed by atoms with Crippen LogP contribution < -0.4 is 4.72 Å². The minimum absolute atomic E-state index is 0.00415.